The monoisotopic (exact) mass is 218 g/mol. The lowest BCUT2D eigenvalue weighted by molar-refractivity contribution is 0.268. The van der Waals surface area contributed by atoms with Gasteiger partial charge in [0.25, 0.3) is 0 Å². The maximum absolute atomic E-state index is 9.13. The van der Waals surface area contributed by atoms with E-state index in [9.17, 15) is 0 Å². The molecule has 0 radical (unpaired) electrons. The van der Waals surface area contributed by atoms with E-state index in [4.69, 9.17) is 10.8 Å². The first-order valence-corrected chi connectivity index (χ1v) is 6.06. The molecule has 0 aliphatic carbocycles. The molecular formula is C13H18N2O. The Morgan fingerprint density at radius 3 is 2.75 bits per heavy atom. The minimum atomic E-state index is -0.225. The zero-order chi connectivity index (χ0) is 11.1. The molecule has 0 amide bonds. The van der Waals surface area contributed by atoms with Gasteiger partial charge in [-0.25, -0.2) is 0 Å². The average Bonchev–Trinajstić information content (AvgIpc) is 2.73. The zero-order valence-electron chi connectivity index (χ0n) is 9.45. The van der Waals surface area contributed by atoms with E-state index in [0.717, 1.165) is 24.9 Å². The molecule has 2 aliphatic rings. The molecule has 16 heavy (non-hydrogen) atoms. The normalized spacial score (nSPS) is 19.8. The van der Waals surface area contributed by atoms with E-state index >= 15 is 0 Å². The van der Waals surface area contributed by atoms with Gasteiger partial charge in [0.1, 0.15) is 0 Å². The van der Waals surface area contributed by atoms with Gasteiger partial charge in [-0.05, 0) is 36.0 Å². The van der Waals surface area contributed by atoms with Crippen molar-refractivity contribution in [3.63, 3.8) is 0 Å². The first-order chi connectivity index (χ1) is 7.79. The summed E-state index contributed by atoms with van der Waals surface area (Å²) in [6, 6.07) is 4.15. The Balaban J connectivity index is 2.08. The summed E-state index contributed by atoms with van der Waals surface area (Å²) in [4.78, 5) is 2.49. The lowest BCUT2D eigenvalue weighted by atomic mass is 9.94. The lowest BCUT2D eigenvalue weighted by Gasteiger charge is -2.28. The van der Waals surface area contributed by atoms with Gasteiger partial charge in [0.05, 0.1) is 12.6 Å². The van der Waals surface area contributed by atoms with Gasteiger partial charge in [-0.15, -0.1) is 0 Å². The molecule has 86 valence electrons. The van der Waals surface area contributed by atoms with Crippen molar-refractivity contribution < 1.29 is 5.11 Å². The Hall–Kier alpha value is -1.06. The summed E-state index contributed by atoms with van der Waals surface area (Å²) in [6.07, 6.45) is 3.53. The molecule has 1 aromatic rings. The minimum Gasteiger partial charge on any atom is -0.394 e. The van der Waals surface area contributed by atoms with Crippen molar-refractivity contribution in [1.82, 2.24) is 0 Å². The third kappa shape index (κ3) is 1.43. The minimum absolute atomic E-state index is 0.0297. The summed E-state index contributed by atoms with van der Waals surface area (Å²) in [7, 11) is 0. The Morgan fingerprint density at radius 2 is 2.00 bits per heavy atom. The van der Waals surface area contributed by atoms with Crippen molar-refractivity contribution in [2.75, 3.05) is 24.6 Å². The first-order valence-electron chi connectivity index (χ1n) is 6.06. The molecule has 1 atom stereocenters. The fraction of sp³-hybridized carbons (Fsp3) is 0.538. The molecule has 0 bridgehead atoms. The number of nitrogens with two attached hydrogens (primary N) is 1. The fourth-order valence-electron chi connectivity index (χ4n) is 2.94. The standard InChI is InChI=1S/C13H18N2O/c14-12(8-16)11-6-9-2-1-4-15-5-3-10(7-11)13(9)15/h6-7,12,16H,1-5,8,14H2. The Morgan fingerprint density at radius 1 is 1.25 bits per heavy atom. The second-order valence-electron chi connectivity index (χ2n) is 4.82. The van der Waals surface area contributed by atoms with Crippen molar-refractivity contribution >= 4 is 5.69 Å². The van der Waals surface area contributed by atoms with Crippen LogP contribution in [0.25, 0.3) is 0 Å². The molecule has 0 saturated heterocycles. The van der Waals surface area contributed by atoms with E-state index in [1.807, 2.05) is 0 Å². The molecule has 0 saturated carbocycles. The zero-order valence-corrected chi connectivity index (χ0v) is 9.45. The highest BCUT2D eigenvalue weighted by molar-refractivity contribution is 5.66. The summed E-state index contributed by atoms with van der Waals surface area (Å²) in [5.74, 6) is 0. The molecule has 1 aromatic carbocycles. The van der Waals surface area contributed by atoms with Gasteiger partial charge >= 0.3 is 0 Å². The fourth-order valence-corrected chi connectivity index (χ4v) is 2.94. The van der Waals surface area contributed by atoms with Crippen molar-refractivity contribution in [1.29, 1.82) is 0 Å². The van der Waals surface area contributed by atoms with Crippen molar-refractivity contribution in [2.45, 2.75) is 25.3 Å². The van der Waals surface area contributed by atoms with Crippen LogP contribution in [-0.2, 0) is 12.8 Å². The summed E-state index contributed by atoms with van der Waals surface area (Å²) >= 11 is 0. The molecule has 3 heteroatoms. The third-order valence-corrected chi connectivity index (χ3v) is 3.76. The predicted molar refractivity (Wildman–Crippen MR) is 64.7 cm³/mol. The van der Waals surface area contributed by atoms with Gasteiger partial charge in [-0.1, -0.05) is 12.1 Å². The smallest absolute Gasteiger partial charge is 0.0624 e. The van der Waals surface area contributed by atoms with Crippen LogP contribution in [0.15, 0.2) is 12.1 Å². The largest absolute Gasteiger partial charge is 0.394 e. The van der Waals surface area contributed by atoms with E-state index in [1.54, 1.807) is 0 Å². The molecular weight excluding hydrogens is 200 g/mol. The lowest BCUT2D eigenvalue weighted by Crippen LogP contribution is -2.26. The highest BCUT2D eigenvalue weighted by Crippen LogP contribution is 2.37. The van der Waals surface area contributed by atoms with Gasteiger partial charge < -0.3 is 15.7 Å². The van der Waals surface area contributed by atoms with Crippen molar-refractivity contribution in [2.24, 2.45) is 5.73 Å². The van der Waals surface area contributed by atoms with Crippen LogP contribution in [0.3, 0.4) is 0 Å². The molecule has 2 aliphatic heterocycles. The highest BCUT2D eigenvalue weighted by atomic mass is 16.3. The average molecular weight is 218 g/mol. The molecule has 2 heterocycles. The van der Waals surface area contributed by atoms with Gasteiger partial charge in [-0.3, -0.25) is 0 Å². The van der Waals surface area contributed by atoms with Crippen LogP contribution in [0.4, 0.5) is 5.69 Å². The van der Waals surface area contributed by atoms with Gasteiger partial charge in [-0.2, -0.15) is 0 Å². The van der Waals surface area contributed by atoms with E-state index in [0.29, 0.717) is 0 Å². The predicted octanol–water partition coefficient (Wildman–Crippen LogP) is 0.987. The number of aliphatic hydroxyl groups is 1. The molecule has 3 rings (SSSR count). The SMILES string of the molecule is NC(CO)c1cc2c3c(c1)CCN3CCC2. The number of aryl methyl sites for hydroxylation is 1. The van der Waals surface area contributed by atoms with Gasteiger partial charge in [0, 0.05) is 18.8 Å². The topological polar surface area (TPSA) is 49.5 Å². The summed E-state index contributed by atoms with van der Waals surface area (Å²) in [6.45, 7) is 2.38. The third-order valence-electron chi connectivity index (χ3n) is 3.76. The number of aliphatic hydroxyl groups excluding tert-OH is 1. The number of anilines is 1. The molecule has 3 nitrogen and oxygen atoms in total. The van der Waals surface area contributed by atoms with E-state index in [-0.39, 0.29) is 12.6 Å². The van der Waals surface area contributed by atoms with Crippen molar-refractivity contribution in [3.8, 4) is 0 Å². The Bertz CT molecular complexity index is 417. The number of hydrogen-bond acceptors (Lipinski definition) is 3. The van der Waals surface area contributed by atoms with E-state index in [2.05, 4.69) is 17.0 Å². The second-order valence-corrected chi connectivity index (χ2v) is 4.82. The van der Waals surface area contributed by atoms with Crippen LogP contribution >= 0.6 is 0 Å². The van der Waals surface area contributed by atoms with Gasteiger partial charge in [0.15, 0.2) is 0 Å². The molecule has 3 N–H and O–H groups in total. The van der Waals surface area contributed by atoms with E-state index in [1.165, 1.54) is 29.8 Å². The number of nitrogens with zero attached hydrogens (tertiary/aromatic N) is 1. The van der Waals surface area contributed by atoms with Crippen LogP contribution in [0.5, 0.6) is 0 Å². The van der Waals surface area contributed by atoms with Crippen LogP contribution in [-0.4, -0.2) is 24.8 Å². The molecule has 1 unspecified atom stereocenters. The summed E-state index contributed by atoms with van der Waals surface area (Å²) in [5, 5.41) is 9.13. The van der Waals surface area contributed by atoms with Gasteiger partial charge in [0.2, 0.25) is 0 Å². The maximum atomic E-state index is 9.13. The molecule has 0 spiro atoms. The molecule has 0 fully saturated rings. The highest BCUT2D eigenvalue weighted by Gasteiger charge is 2.26. The number of rotatable bonds is 2. The number of benzene rings is 1. The Labute approximate surface area is 95.9 Å². The summed E-state index contributed by atoms with van der Waals surface area (Å²) in [5.41, 5.74) is 11.3. The first kappa shape index (κ1) is 10.1. The summed E-state index contributed by atoms with van der Waals surface area (Å²) < 4.78 is 0. The Kier molecular flexibility index (Phi) is 2.37. The maximum Gasteiger partial charge on any atom is 0.0624 e. The second kappa shape index (κ2) is 3.75. The van der Waals surface area contributed by atoms with Crippen LogP contribution in [0, 0.1) is 0 Å². The van der Waals surface area contributed by atoms with Crippen LogP contribution in [0.2, 0.25) is 0 Å². The van der Waals surface area contributed by atoms with Crippen molar-refractivity contribution in [3.05, 3.63) is 28.8 Å². The molecule has 0 aromatic heterocycles. The van der Waals surface area contributed by atoms with Crippen LogP contribution < -0.4 is 10.6 Å². The number of hydrogen-bond donors (Lipinski definition) is 2. The van der Waals surface area contributed by atoms with E-state index < -0.39 is 0 Å². The van der Waals surface area contributed by atoms with Crippen LogP contribution in [0.1, 0.15) is 29.2 Å². The quantitative estimate of drug-likeness (QED) is 0.778.